The van der Waals surface area contributed by atoms with E-state index < -0.39 is 56.2 Å². The summed E-state index contributed by atoms with van der Waals surface area (Å²) >= 11 is 0. The van der Waals surface area contributed by atoms with Gasteiger partial charge in [-0.05, 0) is 0 Å². The summed E-state index contributed by atoms with van der Waals surface area (Å²) in [6.07, 6.45) is -1.24. The van der Waals surface area contributed by atoms with E-state index in [1.807, 2.05) is 0 Å². The van der Waals surface area contributed by atoms with Gasteiger partial charge in [0.25, 0.3) is 0 Å². The quantitative estimate of drug-likeness (QED) is 0.161. The SMILES string of the molecule is O=C(O)CN(CC(=O)O)C(COCCO)N(CC(=O)O)CC(=O)O. The molecule has 0 aromatic heterocycles. The van der Waals surface area contributed by atoms with Crippen molar-refractivity contribution in [1.82, 2.24) is 9.80 Å². The summed E-state index contributed by atoms with van der Waals surface area (Å²) in [5.41, 5.74) is 0. The molecule has 12 nitrogen and oxygen atoms in total. The third kappa shape index (κ3) is 9.68. The van der Waals surface area contributed by atoms with Gasteiger partial charge in [-0.1, -0.05) is 0 Å². The van der Waals surface area contributed by atoms with Gasteiger partial charge in [0.2, 0.25) is 0 Å². The normalized spacial score (nSPS) is 11.2. The highest BCUT2D eigenvalue weighted by atomic mass is 16.5. The second kappa shape index (κ2) is 11.3. The Morgan fingerprint density at radius 3 is 1.33 bits per heavy atom. The van der Waals surface area contributed by atoms with E-state index in [4.69, 9.17) is 30.3 Å². The van der Waals surface area contributed by atoms with Gasteiger partial charge in [-0.2, -0.15) is 0 Å². The minimum Gasteiger partial charge on any atom is -0.480 e. The van der Waals surface area contributed by atoms with Crippen molar-refractivity contribution in [2.75, 3.05) is 46.0 Å². The first kappa shape index (κ1) is 21.7. The maximum atomic E-state index is 10.9. The zero-order chi connectivity index (χ0) is 18.7. The van der Waals surface area contributed by atoms with Crippen LogP contribution in [0, 0.1) is 0 Å². The van der Waals surface area contributed by atoms with Crippen LogP contribution in [0.15, 0.2) is 0 Å². The molecule has 0 atom stereocenters. The summed E-state index contributed by atoms with van der Waals surface area (Å²) < 4.78 is 5.03. The zero-order valence-electron chi connectivity index (χ0n) is 12.7. The van der Waals surface area contributed by atoms with E-state index in [2.05, 4.69) is 0 Å². The van der Waals surface area contributed by atoms with E-state index >= 15 is 0 Å². The minimum absolute atomic E-state index is 0.168. The van der Waals surface area contributed by atoms with Crippen molar-refractivity contribution in [2.24, 2.45) is 0 Å². The van der Waals surface area contributed by atoms with E-state index in [1.165, 1.54) is 0 Å². The van der Waals surface area contributed by atoms with Crippen LogP contribution in [0.2, 0.25) is 0 Å². The predicted octanol–water partition coefficient (Wildman–Crippen LogP) is -2.74. The second-order valence-corrected chi connectivity index (χ2v) is 4.66. The van der Waals surface area contributed by atoms with E-state index in [9.17, 15) is 19.2 Å². The molecule has 138 valence electrons. The van der Waals surface area contributed by atoms with Gasteiger partial charge in [0.1, 0.15) is 0 Å². The lowest BCUT2D eigenvalue weighted by molar-refractivity contribution is -0.150. The molecule has 24 heavy (non-hydrogen) atoms. The van der Waals surface area contributed by atoms with Crippen LogP contribution < -0.4 is 0 Å². The van der Waals surface area contributed by atoms with Crippen molar-refractivity contribution >= 4 is 23.9 Å². The van der Waals surface area contributed by atoms with Crippen LogP contribution in [-0.2, 0) is 23.9 Å². The zero-order valence-corrected chi connectivity index (χ0v) is 12.7. The lowest BCUT2D eigenvalue weighted by atomic mass is 10.3. The van der Waals surface area contributed by atoms with Crippen LogP contribution in [0.25, 0.3) is 0 Å². The fraction of sp³-hybridized carbons (Fsp3) is 0.667. The Bertz CT molecular complexity index is 387. The molecule has 0 heterocycles. The molecule has 0 fully saturated rings. The maximum Gasteiger partial charge on any atom is 0.317 e. The number of hydrogen-bond acceptors (Lipinski definition) is 8. The minimum atomic E-state index is -1.38. The smallest absolute Gasteiger partial charge is 0.317 e. The summed E-state index contributed by atoms with van der Waals surface area (Å²) in [7, 11) is 0. The maximum absolute atomic E-state index is 10.9. The molecule has 0 aliphatic rings. The first-order valence-corrected chi connectivity index (χ1v) is 6.71. The van der Waals surface area contributed by atoms with Crippen LogP contribution in [0.3, 0.4) is 0 Å². The summed E-state index contributed by atoms with van der Waals surface area (Å²) in [5, 5.41) is 44.3. The fourth-order valence-electron chi connectivity index (χ4n) is 1.92. The summed E-state index contributed by atoms with van der Waals surface area (Å²) in [4.78, 5) is 45.4. The first-order chi connectivity index (χ1) is 11.2. The Morgan fingerprint density at radius 1 is 0.750 bits per heavy atom. The molecular weight excluding hydrogens is 332 g/mol. The Hall–Kier alpha value is -2.28. The number of hydrogen-bond donors (Lipinski definition) is 5. The molecule has 0 bridgehead atoms. The molecule has 0 aliphatic carbocycles. The van der Waals surface area contributed by atoms with Crippen LogP contribution in [0.1, 0.15) is 0 Å². The van der Waals surface area contributed by atoms with Crippen LogP contribution >= 0.6 is 0 Å². The molecule has 12 heteroatoms. The van der Waals surface area contributed by atoms with Crippen LogP contribution in [-0.4, -0.2) is 111 Å². The van der Waals surface area contributed by atoms with Gasteiger partial charge in [0.05, 0.1) is 52.2 Å². The molecule has 0 radical (unpaired) electrons. The molecule has 0 aliphatic heterocycles. The van der Waals surface area contributed by atoms with Gasteiger partial charge in [0.15, 0.2) is 0 Å². The standard InChI is InChI=1S/C12H20N2O10/c15-1-2-24-7-8(13(3-9(16)17)4-10(18)19)14(5-11(20)21)6-12(22)23/h8,15H,1-7H2,(H,16,17)(H,18,19)(H,20,21)(H,22,23). The molecular formula is C12H20N2O10. The van der Waals surface area contributed by atoms with Crippen molar-refractivity contribution in [3.63, 3.8) is 0 Å². The van der Waals surface area contributed by atoms with Gasteiger partial charge in [-0.15, -0.1) is 0 Å². The number of aliphatic hydroxyl groups excluding tert-OH is 1. The van der Waals surface area contributed by atoms with Crippen molar-refractivity contribution in [2.45, 2.75) is 6.17 Å². The lowest BCUT2D eigenvalue weighted by Gasteiger charge is -2.36. The number of aliphatic hydroxyl groups is 1. The Labute approximate surface area is 136 Å². The fourth-order valence-corrected chi connectivity index (χ4v) is 1.92. The molecule has 0 saturated heterocycles. The van der Waals surface area contributed by atoms with Crippen molar-refractivity contribution in [3.05, 3.63) is 0 Å². The van der Waals surface area contributed by atoms with E-state index in [1.54, 1.807) is 0 Å². The monoisotopic (exact) mass is 352 g/mol. The second-order valence-electron chi connectivity index (χ2n) is 4.66. The average Bonchev–Trinajstić information content (AvgIpc) is 2.40. The molecule has 0 aromatic carbocycles. The van der Waals surface area contributed by atoms with E-state index in [-0.39, 0.29) is 19.8 Å². The highest BCUT2D eigenvalue weighted by Gasteiger charge is 2.31. The summed E-state index contributed by atoms with van der Waals surface area (Å²) in [5.74, 6) is -5.52. The highest BCUT2D eigenvalue weighted by molar-refractivity contribution is 5.74. The van der Waals surface area contributed by atoms with Crippen molar-refractivity contribution in [3.8, 4) is 0 Å². The number of aliphatic carboxylic acids is 4. The van der Waals surface area contributed by atoms with Gasteiger partial charge >= 0.3 is 23.9 Å². The molecule has 0 rings (SSSR count). The lowest BCUT2D eigenvalue weighted by Crippen LogP contribution is -2.56. The number of rotatable bonds is 14. The van der Waals surface area contributed by atoms with Gasteiger partial charge in [0, 0.05) is 0 Å². The molecule has 0 spiro atoms. The van der Waals surface area contributed by atoms with E-state index in [0.29, 0.717) is 0 Å². The predicted molar refractivity (Wildman–Crippen MR) is 75.4 cm³/mol. The van der Waals surface area contributed by atoms with Crippen molar-refractivity contribution < 1.29 is 49.4 Å². The summed E-state index contributed by atoms with van der Waals surface area (Å²) in [6, 6.07) is 0. The van der Waals surface area contributed by atoms with Crippen LogP contribution in [0.4, 0.5) is 0 Å². The molecule has 0 unspecified atom stereocenters. The average molecular weight is 352 g/mol. The van der Waals surface area contributed by atoms with Gasteiger partial charge in [-0.3, -0.25) is 29.0 Å². The Balaban J connectivity index is 5.48. The third-order valence-electron chi connectivity index (χ3n) is 2.70. The summed E-state index contributed by atoms with van der Waals surface area (Å²) in [6.45, 7) is -4.00. The van der Waals surface area contributed by atoms with Crippen LogP contribution in [0.5, 0.6) is 0 Å². The highest BCUT2D eigenvalue weighted by Crippen LogP contribution is 2.08. The number of ether oxygens (including phenoxy) is 1. The Morgan fingerprint density at radius 2 is 1.08 bits per heavy atom. The van der Waals surface area contributed by atoms with Crippen molar-refractivity contribution in [1.29, 1.82) is 0 Å². The Kier molecular flexibility index (Phi) is 10.2. The number of nitrogens with zero attached hydrogens (tertiary/aromatic N) is 2. The first-order valence-electron chi connectivity index (χ1n) is 6.71. The molecule has 0 amide bonds. The molecule has 5 N–H and O–H groups in total. The molecule has 0 saturated carbocycles. The number of carboxylic acids is 4. The van der Waals surface area contributed by atoms with Gasteiger partial charge < -0.3 is 30.3 Å². The largest absolute Gasteiger partial charge is 0.480 e. The number of carboxylic acid groups (broad SMARTS) is 4. The van der Waals surface area contributed by atoms with Gasteiger partial charge in [-0.25, -0.2) is 0 Å². The molecule has 0 aromatic rings. The third-order valence-corrected chi connectivity index (χ3v) is 2.70. The topological polar surface area (TPSA) is 185 Å². The number of carbonyl (C=O) groups is 4. The van der Waals surface area contributed by atoms with E-state index in [0.717, 1.165) is 9.80 Å².